The van der Waals surface area contributed by atoms with Crippen molar-refractivity contribution in [2.24, 2.45) is 0 Å². The van der Waals surface area contributed by atoms with E-state index in [9.17, 15) is 22.8 Å². The minimum absolute atomic E-state index is 0.114. The van der Waals surface area contributed by atoms with Gasteiger partial charge in [0.2, 0.25) is 6.17 Å². The summed E-state index contributed by atoms with van der Waals surface area (Å²) in [5, 5.41) is 0.687. The summed E-state index contributed by atoms with van der Waals surface area (Å²) in [6.45, 7) is -0.314. The third kappa shape index (κ3) is 3.30. The van der Waals surface area contributed by atoms with Crippen LogP contribution in [0.3, 0.4) is 0 Å². The van der Waals surface area contributed by atoms with Gasteiger partial charge in [-0.3, -0.25) is 15.1 Å². The summed E-state index contributed by atoms with van der Waals surface area (Å²) in [6, 6.07) is 6.61. The van der Waals surface area contributed by atoms with Crippen LogP contribution < -0.4 is 10.3 Å². The molecule has 0 radical (unpaired) electrons. The summed E-state index contributed by atoms with van der Waals surface area (Å²) in [5.41, 5.74) is 2.24. The van der Waals surface area contributed by atoms with Crippen LogP contribution in [-0.2, 0) is 9.53 Å². The predicted octanol–water partition coefficient (Wildman–Crippen LogP) is 1.88. The molecule has 1 saturated heterocycles. The van der Waals surface area contributed by atoms with Gasteiger partial charge in [-0.15, -0.1) is 0 Å². The highest BCUT2D eigenvalue weighted by atomic mass is 19.4. The SMILES string of the molecule is COC(=O)CCN1NC(=O)N(c2ccccc2)C1C(F)(F)F. The zero-order chi connectivity index (χ0) is 16.3. The largest absolute Gasteiger partial charge is 0.469 e. The van der Waals surface area contributed by atoms with E-state index in [1.807, 2.05) is 0 Å². The average Bonchev–Trinajstić information content (AvgIpc) is 2.82. The first-order chi connectivity index (χ1) is 10.3. The molecule has 2 rings (SSSR count). The molecular weight excluding hydrogens is 303 g/mol. The van der Waals surface area contributed by atoms with Crippen molar-refractivity contribution in [1.82, 2.24) is 10.4 Å². The second-order valence-electron chi connectivity index (χ2n) is 4.56. The Morgan fingerprint density at radius 3 is 2.50 bits per heavy atom. The van der Waals surface area contributed by atoms with Crippen LogP contribution in [-0.4, -0.2) is 43.0 Å². The normalized spacial score (nSPS) is 19.2. The van der Waals surface area contributed by atoms with E-state index in [2.05, 4.69) is 10.2 Å². The van der Waals surface area contributed by atoms with Crippen molar-refractivity contribution in [3.05, 3.63) is 30.3 Å². The molecule has 1 heterocycles. The fourth-order valence-corrected chi connectivity index (χ4v) is 2.15. The number of esters is 1. The number of urea groups is 1. The van der Waals surface area contributed by atoms with E-state index in [1.54, 1.807) is 6.07 Å². The van der Waals surface area contributed by atoms with Gasteiger partial charge in [-0.25, -0.2) is 4.79 Å². The van der Waals surface area contributed by atoms with Gasteiger partial charge in [0.25, 0.3) is 0 Å². The number of alkyl halides is 3. The molecule has 0 aliphatic carbocycles. The van der Waals surface area contributed by atoms with Crippen LogP contribution in [0.1, 0.15) is 6.42 Å². The molecule has 2 amide bonds. The number of nitrogens with one attached hydrogen (secondary N) is 1. The number of carbonyl (C=O) groups excluding carboxylic acids is 2. The molecule has 1 atom stereocenters. The van der Waals surface area contributed by atoms with Crippen molar-refractivity contribution in [1.29, 1.82) is 0 Å². The molecule has 1 unspecified atom stereocenters. The van der Waals surface area contributed by atoms with Crippen molar-refractivity contribution in [3.8, 4) is 0 Å². The number of nitrogens with zero attached hydrogens (tertiary/aromatic N) is 2. The number of carbonyl (C=O) groups is 2. The summed E-state index contributed by atoms with van der Waals surface area (Å²) in [4.78, 5) is 23.6. The molecule has 9 heteroatoms. The fraction of sp³-hybridized carbons (Fsp3) is 0.385. The zero-order valence-electron chi connectivity index (χ0n) is 11.6. The summed E-state index contributed by atoms with van der Waals surface area (Å²) < 4.78 is 44.4. The van der Waals surface area contributed by atoms with E-state index in [1.165, 1.54) is 24.3 Å². The maximum absolute atomic E-state index is 13.3. The Morgan fingerprint density at radius 2 is 1.95 bits per heavy atom. The number of benzene rings is 1. The Kier molecular flexibility index (Phi) is 4.55. The lowest BCUT2D eigenvalue weighted by Crippen LogP contribution is -2.51. The predicted molar refractivity (Wildman–Crippen MR) is 70.6 cm³/mol. The quantitative estimate of drug-likeness (QED) is 0.862. The fourth-order valence-electron chi connectivity index (χ4n) is 2.15. The summed E-state index contributed by atoms with van der Waals surface area (Å²) >= 11 is 0. The molecular formula is C13H14F3N3O3. The number of para-hydroxylation sites is 1. The van der Waals surface area contributed by atoms with Gasteiger partial charge < -0.3 is 4.74 Å². The first-order valence-corrected chi connectivity index (χ1v) is 6.39. The first kappa shape index (κ1) is 16.1. The van der Waals surface area contributed by atoms with Crippen molar-refractivity contribution < 1.29 is 27.5 Å². The molecule has 1 aliphatic heterocycles. The lowest BCUT2D eigenvalue weighted by Gasteiger charge is -2.29. The summed E-state index contributed by atoms with van der Waals surface area (Å²) in [6.07, 6.45) is -7.15. The number of amides is 2. The van der Waals surface area contributed by atoms with Crippen LogP contribution in [0.25, 0.3) is 0 Å². The number of methoxy groups -OCH3 is 1. The van der Waals surface area contributed by atoms with E-state index in [0.29, 0.717) is 9.91 Å². The standard InChI is InChI=1S/C13H14F3N3O3/c1-22-10(20)7-8-18-11(13(14,15)16)19(12(21)17-18)9-5-3-2-4-6-9/h2-6,11H,7-8H2,1H3,(H,17,21). The van der Waals surface area contributed by atoms with Crippen LogP contribution >= 0.6 is 0 Å². The number of halogens is 3. The second-order valence-corrected chi connectivity index (χ2v) is 4.56. The average molecular weight is 317 g/mol. The van der Waals surface area contributed by atoms with Gasteiger partial charge >= 0.3 is 18.2 Å². The molecule has 1 aromatic carbocycles. The molecule has 6 nitrogen and oxygen atoms in total. The molecule has 0 aromatic heterocycles. The van der Waals surface area contributed by atoms with Crippen LogP contribution in [0, 0.1) is 0 Å². The Bertz CT molecular complexity index is 550. The third-order valence-corrected chi connectivity index (χ3v) is 3.11. The van der Waals surface area contributed by atoms with E-state index in [-0.39, 0.29) is 18.7 Å². The minimum Gasteiger partial charge on any atom is -0.469 e. The smallest absolute Gasteiger partial charge is 0.424 e. The second kappa shape index (κ2) is 6.22. The number of rotatable bonds is 4. The third-order valence-electron chi connectivity index (χ3n) is 3.11. The Hall–Kier alpha value is -2.29. The summed E-state index contributed by atoms with van der Waals surface area (Å²) in [5.74, 6) is -0.659. The molecule has 22 heavy (non-hydrogen) atoms. The van der Waals surface area contributed by atoms with Crippen molar-refractivity contribution in [2.45, 2.75) is 18.8 Å². The number of hydrazine groups is 1. The monoisotopic (exact) mass is 317 g/mol. The van der Waals surface area contributed by atoms with E-state index < -0.39 is 24.3 Å². The lowest BCUT2D eigenvalue weighted by atomic mass is 10.2. The van der Waals surface area contributed by atoms with E-state index >= 15 is 0 Å². The van der Waals surface area contributed by atoms with Gasteiger partial charge in [0.15, 0.2) is 0 Å². The van der Waals surface area contributed by atoms with Crippen molar-refractivity contribution in [3.63, 3.8) is 0 Å². The highest BCUT2D eigenvalue weighted by Crippen LogP contribution is 2.33. The van der Waals surface area contributed by atoms with Gasteiger partial charge in [0.1, 0.15) is 0 Å². The van der Waals surface area contributed by atoms with Crippen LogP contribution in [0.4, 0.5) is 23.7 Å². The molecule has 1 N–H and O–H groups in total. The highest BCUT2D eigenvalue weighted by Gasteiger charge is 2.54. The number of hydrogen-bond donors (Lipinski definition) is 1. The maximum atomic E-state index is 13.3. The molecule has 0 saturated carbocycles. The molecule has 0 spiro atoms. The molecule has 0 bridgehead atoms. The van der Waals surface area contributed by atoms with Gasteiger partial charge in [-0.05, 0) is 12.1 Å². The van der Waals surface area contributed by atoms with Crippen molar-refractivity contribution in [2.75, 3.05) is 18.6 Å². The van der Waals surface area contributed by atoms with Gasteiger partial charge in [0, 0.05) is 12.2 Å². The molecule has 1 aliphatic rings. The molecule has 120 valence electrons. The van der Waals surface area contributed by atoms with Crippen LogP contribution in [0.15, 0.2) is 30.3 Å². The maximum Gasteiger partial charge on any atom is 0.424 e. The van der Waals surface area contributed by atoms with Gasteiger partial charge in [-0.1, -0.05) is 18.2 Å². The van der Waals surface area contributed by atoms with Gasteiger partial charge in [-0.2, -0.15) is 18.2 Å². The Balaban J connectivity index is 2.26. The molecule has 1 fully saturated rings. The Morgan fingerprint density at radius 1 is 1.32 bits per heavy atom. The summed E-state index contributed by atoms with van der Waals surface area (Å²) in [7, 11) is 1.14. The highest BCUT2D eigenvalue weighted by molar-refractivity contribution is 5.94. The number of anilines is 1. The lowest BCUT2D eigenvalue weighted by molar-refractivity contribution is -0.181. The van der Waals surface area contributed by atoms with Crippen LogP contribution in [0.2, 0.25) is 0 Å². The first-order valence-electron chi connectivity index (χ1n) is 6.39. The van der Waals surface area contributed by atoms with Crippen molar-refractivity contribution >= 4 is 17.7 Å². The molecule has 1 aromatic rings. The zero-order valence-corrected chi connectivity index (χ0v) is 11.6. The van der Waals surface area contributed by atoms with E-state index in [4.69, 9.17) is 0 Å². The van der Waals surface area contributed by atoms with Crippen LogP contribution in [0.5, 0.6) is 0 Å². The Labute approximate surface area is 124 Å². The van der Waals surface area contributed by atoms with Gasteiger partial charge in [0.05, 0.1) is 13.5 Å². The number of ether oxygens (including phenoxy) is 1. The van der Waals surface area contributed by atoms with E-state index in [0.717, 1.165) is 7.11 Å². The topological polar surface area (TPSA) is 61.9 Å². The minimum atomic E-state index is -4.69. The number of hydrogen-bond acceptors (Lipinski definition) is 4.